The van der Waals surface area contributed by atoms with Crippen molar-refractivity contribution in [2.24, 2.45) is 0 Å². The third-order valence-corrected chi connectivity index (χ3v) is 3.13. The molecule has 0 atom stereocenters. The average molecular weight is 283 g/mol. The summed E-state index contributed by atoms with van der Waals surface area (Å²) >= 11 is 0. The summed E-state index contributed by atoms with van der Waals surface area (Å²) in [5, 5.41) is 9.17. The second kappa shape index (κ2) is 6.73. The number of hydrogen-bond donors (Lipinski definition) is 1. The third-order valence-electron chi connectivity index (χ3n) is 3.13. The Bertz CT molecular complexity index is 683. The van der Waals surface area contributed by atoms with E-state index in [1.165, 1.54) is 0 Å². The summed E-state index contributed by atoms with van der Waals surface area (Å²) in [6.45, 7) is 4.20. The highest BCUT2D eigenvalue weighted by Gasteiger charge is 2.18. The topological polar surface area (TPSA) is 67.0 Å². The van der Waals surface area contributed by atoms with Crippen molar-refractivity contribution in [2.75, 3.05) is 6.61 Å². The molecular formula is C16H17N3O2. The highest BCUT2D eigenvalue weighted by molar-refractivity contribution is 5.95. The molecule has 0 aliphatic heterocycles. The predicted octanol–water partition coefficient (Wildman–Crippen LogP) is 2.59. The van der Waals surface area contributed by atoms with E-state index in [1.807, 2.05) is 30.3 Å². The summed E-state index contributed by atoms with van der Waals surface area (Å²) < 4.78 is 1.70. The number of nitrogens with zero attached hydrogens (tertiary/aromatic N) is 2. The SMILES string of the molecule is CCONC(=O)c1c(C#N)ccn1-c1cccc(CC)c1. The molecule has 0 fully saturated rings. The average Bonchev–Trinajstić information content (AvgIpc) is 2.96. The molecule has 108 valence electrons. The van der Waals surface area contributed by atoms with Crippen molar-refractivity contribution >= 4 is 5.91 Å². The van der Waals surface area contributed by atoms with Crippen LogP contribution < -0.4 is 5.48 Å². The summed E-state index contributed by atoms with van der Waals surface area (Å²) in [7, 11) is 0. The van der Waals surface area contributed by atoms with Gasteiger partial charge in [-0.1, -0.05) is 19.1 Å². The zero-order valence-corrected chi connectivity index (χ0v) is 12.1. The van der Waals surface area contributed by atoms with Crippen LogP contribution in [-0.2, 0) is 11.3 Å². The van der Waals surface area contributed by atoms with Gasteiger partial charge in [-0.05, 0) is 37.1 Å². The van der Waals surface area contributed by atoms with E-state index >= 15 is 0 Å². The van der Waals surface area contributed by atoms with Gasteiger partial charge in [0.1, 0.15) is 11.8 Å². The molecule has 1 N–H and O–H groups in total. The van der Waals surface area contributed by atoms with Crippen LogP contribution in [0.1, 0.15) is 35.5 Å². The molecule has 1 aromatic carbocycles. The minimum atomic E-state index is -0.430. The van der Waals surface area contributed by atoms with Crippen molar-refractivity contribution in [2.45, 2.75) is 20.3 Å². The fourth-order valence-electron chi connectivity index (χ4n) is 2.08. The number of nitrogens with one attached hydrogen (secondary N) is 1. The van der Waals surface area contributed by atoms with E-state index in [0.29, 0.717) is 12.2 Å². The summed E-state index contributed by atoms with van der Waals surface area (Å²) in [5.74, 6) is -0.430. The summed E-state index contributed by atoms with van der Waals surface area (Å²) in [5.41, 5.74) is 4.94. The molecule has 2 aromatic rings. The number of hydroxylamine groups is 1. The van der Waals surface area contributed by atoms with Gasteiger partial charge in [-0.3, -0.25) is 9.63 Å². The number of nitriles is 1. The molecule has 0 aliphatic carbocycles. The quantitative estimate of drug-likeness (QED) is 0.858. The monoisotopic (exact) mass is 283 g/mol. The minimum absolute atomic E-state index is 0.277. The van der Waals surface area contributed by atoms with Crippen LogP contribution in [0, 0.1) is 11.3 Å². The van der Waals surface area contributed by atoms with Crippen LogP contribution in [0.4, 0.5) is 0 Å². The fraction of sp³-hybridized carbons (Fsp3) is 0.250. The number of carbonyl (C=O) groups is 1. The van der Waals surface area contributed by atoms with Crippen LogP contribution in [0.2, 0.25) is 0 Å². The van der Waals surface area contributed by atoms with Crippen LogP contribution in [0.25, 0.3) is 5.69 Å². The summed E-state index contributed by atoms with van der Waals surface area (Å²) in [6.07, 6.45) is 2.62. The van der Waals surface area contributed by atoms with Gasteiger partial charge in [0.15, 0.2) is 0 Å². The molecule has 0 aliphatic rings. The molecule has 0 radical (unpaired) electrons. The van der Waals surface area contributed by atoms with E-state index in [1.54, 1.807) is 23.8 Å². The molecule has 21 heavy (non-hydrogen) atoms. The Morgan fingerprint density at radius 2 is 2.19 bits per heavy atom. The van der Waals surface area contributed by atoms with Crippen LogP contribution in [0.5, 0.6) is 0 Å². The Morgan fingerprint density at radius 3 is 2.86 bits per heavy atom. The number of aromatic nitrogens is 1. The van der Waals surface area contributed by atoms with Crippen molar-refractivity contribution in [3.63, 3.8) is 0 Å². The molecule has 1 aromatic heterocycles. The molecule has 0 saturated heterocycles. The maximum Gasteiger partial charge on any atom is 0.293 e. The summed E-state index contributed by atoms with van der Waals surface area (Å²) in [6, 6.07) is 11.5. The Morgan fingerprint density at radius 1 is 1.38 bits per heavy atom. The van der Waals surface area contributed by atoms with Crippen molar-refractivity contribution in [1.82, 2.24) is 10.0 Å². The first-order valence-electron chi connectivity index (χ1n) is 6.84. The van der Waals surface area contributed by atoms with Gasteiger partial charge in [0.05, 0.1) is 12.2 Å². The van der Waals surface area contributed by atoms with Gasteiger partial charge in [0.2, 0.25) is 0 Å². The predicted molar refractivity (Wildman–Crippen MR) is 79.0 cm³/mol. The lowest BCUT2D eigenvalue weighted by Crippen LogP contribution is -2.26. The van der Waals surface area contributed by atoms with Crippen LogP contribution in [0.15, 0.2) is 36.5 Å². The van der Waals surface area contributed by atoms with Gasteiger partial charge in [-0.15, -0.1) is 0 Å². The first kappa shape index (κ1) is 14.8. The molecule has 0 saturated carbocycles. The van der Waals surface area contributed by atoms with Crippen LogP contribution >= 0.6 is 0 Å². The van der Waals surface area contributed by atoms with E-state index in [4.69, 9.17) is 10.1 Å². The number of benzene rings is 1. The van der Waals surface area contributed by atoms with E-state index < -0.39 is 5.91 Å². The number of rotatable bonds is 5. The molecule has 0 bridgehead atoms. The molecule has 2 rings (SSSR count). The highest BCUT2D eigenvalue weighted by atomic mass is 16.6. The first-order chi connectivity index (χ1) is 10.2. The molecule has 0 unspecified atom stereocenters. The Labute approximate surface area is 123 Å². The van der Waals surface area contributed by atoms with Crippen LogP contribution in [0.3, 0.4) is 0 Å². The van der Waals surface area contributed by atoms with Crippen molar-refractivity contribution in [3.05, 3.63) is 53.3 Å². The zero-order valence-electron chi connectivity index (χ0n) is 12.1. The third kappa shape index (κ3) is 3.12. The van der Waals surface area contributed by atoms with E-state index in [0.717, 1.165) is 17.7 Å². The lowest BCUT2D eigenvalue weighted by atomic mass is 10.1. The molecule has 5 heteroatoms. The lowest BCUT2D eigenvalue weighted by molar-refractivity contribution is 0.0358. The minimum Gasteiger partial charge on any atom is -0.311 e. The largest absolute Gasteiger partial charge is 0.311 e. The number of hydrogen-bond acceptors (Lipinski definition) is 3. The second-order valence-electron chi connectivity index (χ2n) is 4.45. The van der Waals surface area contributed by atoms with Gasteiger partial charge in [-0.2, -0.15) is 5.26 Å². The van der Waals surface area contributed by atoms with Gasteiger partial charge in [0.25, 0.3) is 5.91 Å². The maximum atomic E-state index is 12.2. The normalized spacial score (nSPS) is 10.1. The van der Waals surface area contributed by atoms with Gasteiger partial charge in [-0.25, -0.2) is 5.48 Å². The van der Waals surface area contributed by atoms with E-state index in [2.05, 4.69) is 12.4 Å². The van der Waals surface area contributed by atoms with Gasteiger partial charge < -0.3 is 4.57 Å². The zero-order chi connectivity index (χ0) is 15.2. The standard InChI is InChI=1S/C16H17N3O2/c1-3-12-6-5-7-14(10-12)19-9-8-13(11-17)15(19)16(20)18-21-4-2/h5-10H,3-4H2,1-2H3,(H,18,20). The Balaban J connectivity index is 2.46. The van der Waals surface area contributed by atoms with Crippen molar-refractivity contribution < 1.29 is 9.63 Å². The molecule has 1 amide bonds. The first-order valence-corrected chi connectivity index (χ1v) is 6.84. The van der Waals surface area contributed by atoms with Gasteiger partial charge in [0, 0.05) is 11.9 Å². The summed E-state index contributed by atoms with van der Waals surface area (Å²) in [4.78, 5) is 17.1. The number of amides is 1. The lowest BCUT2D eigenvalue weighted by Gasteiger charge is -2.11. The Kier molecular flexibility index (Phi) is 4.75. The van der Waals surface area contributed by atoms with E-state index in [9.17, 15) is 4.79 Å². The second-order valence-corrected chi connectivity index (χ2v) is 4.45. The molecular weight excluding hydrogens is 266 g/mol. The van der Waals surface area contributed by atoms with Crippen LogP contribution in [-0.4, -0.2) is 17.1 Å². The van der Waals surface area contributed by atoms with Crippen molar-refractivity contribution in [1.29, 1.82) is 5.26 Å². The maximum absolute atomic E-state index is 12.2. The van der Waals surface area contributed by atoms with Gasteiger partial charge >= 0.3 is 0 Å². The smallest absolute Gasteiger partial charge is 0.293 e. The molecule has 1 heterocycles. The molecule has 5 nitrogen and oxygen atoms in total. The molecule has 0 spiro atoms. The number of aryl methyl sites for hydroxylation is 1. The van der Waals surface area contributed by atoms with E-state index in [-0.39, 0.29) is 5.69 Å². The Hall–Kier alpha value is -2.58. The number of carbonyl (C=O) groups excluding carboxylic acids is 1. The fourth-order valence-corrected chi connectivity index (χ4v) is 2.08. The van der Waals surface area contributed by atoms with Crippen molar-refractivity contribution in [3.8, 4) is 11.8 Å². The highest BCUT2D eigenvalue weighted by Crippen LogP contribution is 2.18.